The molecular formula is C34H50O5. The Morgan fingerprint density at radius 3 is 1.85 bits per heavy atom. The van der Waals surface area contributed by atoms with Crippen LogP contribution in [0.2, 0.25) is 0 Å². The van der Waals surface area contributed by atoms with Gasteiger partial charge in [0, 0.05) is 0 Å². The molecule has 0 aromatic heterocycles. The Labute approximate surface area is 236 Å². The van der Waals surface area contributed by atoms with E-state index in [1.54, 1.807) is 36.4 Å². The number of esters is 1. The van der Waals surface area contributed by atoms with Crippen molar-refractivity contribution in [1.29, 1.82) is 0 Å². The van der Waals surface area contributed by atoms with Gasteiger partial charge in [0.2, 0.25) is 0 Å². The van der Waals surface area contributed by atoms with E-state index in [0.29, 0.717) is 23.5 Å². The number of unbranched alkanes of at least 4 members (excludes halogenated alkanes) is 12. The van der Waals surface area contributed by atoms with Crippen molar-refractivity contribution in [2.45, 2.75) is 123 Å². The maximum Gasteiger partial charge on any atom is 0.343 e. The maximum atomic E-state index is 12.7. The number of carbonyl (C=O) groups excluding carboxylic acids is 1. The van der Waals surface area contributed by atoms with Gasteiger partial charge in [-0.3, -0.25) is 0 Å². The molecule has 2 aromatic carbocycles. The van der Waals surface area contributed by atoms with Crippen LogP contribution in [0.3, 0.4) is 0 Å². The molecule has 0 saturated heterocycles. The zero-order valence-electron chi connectivity index (χ0n) is 24.5. The van der Waals surface area contributed by atoms with E-state index in [2.05, 4.69) is 13.8 Å². The van der Waals surface area contributed by atoms with Gasteiger partial charge >= 0.3 is 11.9 Å². The number of aromatic carboxylic acids is 1. The van der Waals surface area contributed by atoms with Crippen LogP contribution in [0, 0.1) is 0 Å². The molecule has 1 N–H and O–H groups in total. The Morgan fingerprint density at radius 1 is 0.718 bits per heavy atom. The topological polar surface area (TPSA) is 72.8 Å². The molecule has 0 saturated carbocycles. The fraction of sp³-hybridized carbons (Fsp3) is 0.588. The molecule has 5 heteroatoms. The molecule has 2 aromatic rings. The quantitative estimate of drug-likeness (QED) is 0.0972. The van der Waals surface area contributed by atoms with Crippen LogP contribution in [0.1, 0.15) is 149 Å². The molecule has 0 radical (unpaired) electrons. The minimum atomic E-state index is -0.961. The van der Waals surface area contributed by atoms with Crippen molar-refractivity contribution < 1.29 is 24.2 Å². The van der Waals surface area contributed by atoms with Gasteiger partial charge in [0.15, 0.2) is 0 Å². The van der Waals surface area contributed by atoms with E-state index in [1.165, 1.54) is 70.3 Å². The van der Waals surface area contributed by atoms with Crippen LogP contribution in [0.15, 0.2) is 42.5 Å². The lowest BCUT2D eigenvalue weighted by atomic mass is 9.91. The van der Waals surface area contributed by atoms with E-state index < -0.39 is 11.9 Å². The van der Waals surface area contributed by atoms with Crippen molar-refractivity contribution in [2.75, 3.05) is 6.61 Å². The third kappa shape index (κ3) is 12.7. The minimum absolute atomic E-state index is 0.0681. The standard InChI is InChI=1S/C34H50O5/c1-4-6-8-10-11-12-13-14-15-17-25-38-29-21-19-28(20-22-29)34(37)39-30-23-24-31(33(35)36)32(26-30)27(3)18-16-9-7-5-2/h19-24,26-27H,4-18,25H2,1-3H3,(H,35,36)/t27-/m1/s1. The lowest BCUT2D eigenvalue weighted by molar-refractivity contribution is 0.0694. The fourth-order valence-corrected chi connectivity index (χ4v) is 4.87. The second-order valence-corrected chi connectivity index (χ2v) is 10.7. The molecule has 0 spiro atoms. The first-order chi connectivity index (χ1) is 19.0. The van der Waals surface area contributed by atoms with Gasteiger partial charge in [0.1, 0.15) is 11.5 Å². The Bertz CT molecular complexity index is 966. The molecule has 39 heavy (non-hydrogen) atoms. The third-order valence-electron chi connectivity index (χ3n) is 7.34. The number of carbonyl (C=O) groups is 2. The van der Waals surface area contributed by atoms with E-state index >= 15 is 0 Å². The zero-order chi connectivity index (χ0) is 28.3. The monoisotopic (exact) mass is 538 g/mol. The van der Waals surface area contributed by atoms with Crippen LogP contribution < -0.4 is 9.47 Å². The first-order valence-corrected chi connectivity index (χ1v) is 15.3. The molecule has 0 aliphatic heterocycles. The fourth-order valence-electron chi connectivity index (χ4n) is 4.87. The highest BCUT2D eigenvalue weighted by Crippen LogP contribution is 2.29. The van der Waals surface area contributed by atoms with Gasteiger partial charge in [0.25, 0.3) is 0 Å². The number of hydrogen-bond donors (Lipinski definition) is 1. The molecule has 5 nitrogen and oxygen atoms in total. The summed E-state index contributed by atoms with van der Waals surface area (Å²) in [6.45, 7) is 7.13. The van der Waals surface area contributed by atoms with Crippen molar-refractivity contribution in [2.24, 2.45) is 0 Å². The van der Waals surface area contributed by atoms with E-state index in [9.17, 15) is 14.7 Å². The molecule has 216 valence electrons. The molecule has 0 heterocycles. The molecule has 0 bridgehead atoms. The average Bonchev–Trinajstić information content (AvgIpc) is 2.94. The van der Waals surface area contributed by atoms with Crippen LogP contribution in [0.5, 0.6) is 11.5 Å². The lowest BCUT2D eigenvalue weighted by Crippen LogP contribution is -2.11. The predicted octanol–water partition coefficient (Wildman–Crippen LogP) is 9.98. The number of rotatable bonds is 21. The van der Waals surface area contributed by atoms with Gasteiger partial charge in [-0.1, -0.05) is 104 Å². The molecule has 0 aliphatic rings. The Balaban J connectivity index is 1.79. The summed E-state index contributed by atoms with van der Waals surface area (Å²) < 4.78 is 11.5. The molecule has 0 amide bonds. The number of ether oxygens (including phenoxy) is 2. The molecule has 0 fully saturated rings. The molecule has 2 rings (SSSR count). The van der Waals surface area contributed by atoms with Gasteiger partial charge in [-0.15, -0.1) is 0 Å². The molecular weight excluding hydrogens is 488 g/mol. The van der Waals surface area contributed by atoms with Gasteiger partial charge in [0.05, 0.1) is 17.7 Å². The summed E-state index contributed by atoms with van der Waals surface area (Å²) in [6.07, 6.45) is 18.3. The van der Waals surface area contributed by atoms with Crippen molar-refractivity contribution in [3.63, 3.8) is 0 Å². The van der Waals surface area contributed by atoms with E-state index in [0.717, 1.165) is 37.9 Å². The van der Waals surface area contributed by atoms with Gasteiger partial charge in [-0.05, 0) is 66.8 Å². The molecule has 0 unspecified atom stereocenters. The van der Waals surface area contributed by atoms with Crippen molar-refractivity contribution in [1.82, 2.24) is 0 Å². The summed E-state index contributed by atoms with van der Waals surface area (Å²) in [7, 11) is 0. The minimum Gasteiger partial charge on any atom is -0.494 e. The normalized spacial score (nSPS) is 11.8. The zero-order valence-corrected chi connectivity index (χ0v) is 24.5. The van der Waals surface area contributed by atoms with Crippen LogP contribution in [-0.4, -0.2) is 23.7 Å². The van der Waals surface area contributed by atoms with Gasteiger partial charge in [-0.2, -0.15) is 0 Å². The van der Waals surface area contributed by atoms with Crippen LogP contribution in [0.25, 0.3) is 0 Å². The lowest BCUT2D eigenvalue weighted by Gasteiger charge is -2.16. The summed E-state index contributed by atoms with van der Waals surface area (Å²) in [6, 6.07) is 11.8. The number of hydrogen-bond acceptors (Lipinski definition) is 4. The largest absolute Gasteiger partial charge is 0.494 e. The van der Waals surface area contributed by atoms with Crippen LogP contribution in [-0.2, 0) is 0 Å². The predicted molar refractivity (Wildman–Crippen MR) is 159 cm³/mol. The van der Waals surface area contributed by atoms with Crippen molar-refractivity contribution >= 4 is 11.9 Å². The number of benzene rings is 2. The average molecular weight is 539 g/mol. The summed E-state index contributed by atoms with van der Waals surface area (Å²) in [5, 5.41) is 9.64. The Morgan fingerprint density at radius 2 is 1.26 bits per heavy atom. The van der Waals surface area contributed by atoms with Gasteiger partial charge in [-0.25, -0.2) is 9.59 Å². The highest BCUT2D eigenvalue weighted by molar-refractivity contribution is 5.92. The first-order valence-electron chi connectivity index (χ1n) is 15.3. The maximum absolute atomic E-state index is 12.7. The van der Waals surface area contributed by atoms with Gasteiger partial charge < -0.3 is 14.6 Å². The van der Waals surface area contributed by atoms with Crippen molar-refractivity contribution in [3.8, 4) is 11.5 Å². The third-order valence-corrected chi connectivity index (χ3v) is 7.34. The Kier molecular flexibility index (Phi) is 16.0. The summed E-state index contributed by atoms with van der Waals surface area (Å²) in [5.74, 6) is -0.259. The second-order valence-electron chi connectivity index (χ2n) is 10.7. The number of carboxylic acids is 1. The summed E-state index contributed by atoms with van der Waals surface area (Å²) >= 11 is 0. The highest BCUT2D eigenvalue weighted by atomic mass is 16.5. The summed E-state index contributed by atoms with van der Waals surface area (Å²) in [5.41, 5.74) is 1.40. The highest BCUT2D eigenvalue weighted by Gasteiger charge is 2.18. The van der Waals surface area contributed by atoms with E-state index in [4.69, 9.17) is 9.47 Å². The number of carboxylic acid groups (broad SMARTS) is 1. The summed E-state index contributed by atoms with van der Waals surface area (Å²) in [4.78, 5) is 24.5. The van der Waals surface area contributed by atoms with E-state index in [-0.39, 0.29) is 11.5 Å². The molecule has 0 aliphatic carbocycles. The second kappa shape index (κ2) is 19.3. The van der Waals surface area contributed by atoms with Crippen molar-refractivity contribution in [3.05, 3.63) is 59.2 Å². The first kappa shape index (κ1) is 32.4. The van der Waals surface area contributed by atoms with Crippen LogP contribution >= 0.6 is 0 Å². The molecule has 1 atom stereocenters. The van der Waals surface area contributed by atoms with Crippen LogP contribution in [0.4, 0.5) is 0 Å². The SMILES string of the molecule is CCCCCCCCCCCCOc1ccc(C(=O)Oc2ccc(C(=O)O)c([C@H](C)CCCCCC)c2)cc1. The Hall–Kier alpha value is -2.82. The smallest absolute Gasteiger partial charge is 0.343 e. The van der Waals surface area contributed by atoms with E-state index in [1.807, 2.05) is 6.92 Å².